The standard InChI is InChI=1S/C14H16BrN5/c1-11-10-19(13-4-2-3-5-16-13)6-7-20(11)14-9-17-12(15)8-18-14/h2-5,8-9,11H,6-7,10H2,1H3/t11-/m0/s1. The smallest absolute Gasteiger partial charge is 0.147 e. The summed E-state index contributed by atoms with van der Waals surface area (Å²) in [6, 6.07) is 6.41. The van der Waals surface area contributed by atoms with Crippen LogP contribution in [0.4, 0.5) is 11.6 Å². The Morgan fingerprint density at radius 3 is 2.65 bits per heavy atom. The van der Waals surface area contributed by atoms with E-state index in [1.807, 2.05) is 24.5 Å². The molecule has 0 radical (unpaired) electrons. The summed E-state index contributed by atoms with van der Waals surface area (Å²) in [5, 5.41) is 0. The third-order valence-electron chi connectivity index (χ3n) is 3.50. The van der Waals surface area contributed by atoms with Gasteiger partial charge in [0.05, 0.1) is 12.4 Å². The fourth-order valence-corrected chi connectivity index (χ4v) is 2.71. The first-order chi connectivity index (χ1) is 9.74. The van der Waals surface area contributed by atoms with Crippen molar-refractivity contribution >= 4 is 27.6 Å². The van der Waals surface area contributed by atoms with Gasteiger partial charge in [0.2, 0.25) is 0 Å². The minimum Gasteiger partial charge on any atom is -0.353 e. The summed E-state index contributed by atoms with van der Waals surface area (Å²) in [7, 11) is 0. The van der Waals surface area contributed by atoms with Crippen LogP contribution >= 0.6 is 15.9 Å². The predicted molar refractivity (Wildman–Crippen MR) is 83.0 cm³/mol. The molecule has 0 amide bonds. The zero-order chi connectivity index (χ0) is 13.9. The van der Waals surface area contributed by atoms with E-state index >= 15 is 0 Å². The van der Waals surface area contributed by atoms with Gasteiger partial charge >= 0.3 is 0 Å². The van der Waals surface area contributed by atoms with Crippen molar-refractivity contribution in [2.45, 2.75) is 13.0 Å². The molecule has 0 spiro atoms. The van der Waals surface area contributed by atoms with Crippen molar-refractivity contribution in [3.63, 3.8) is 0 Å². The van der Waals surface area contributed by atoms with E-state index < -0.39 is 0 Å². The zero-order valence-corrected chi connectivity index (χ0v) is 12.9. The molecule has 0 aliphatic carbocycles. The topological polar surface area (TPSA) is 45.2 Å². The number of aromatic nitrogens is 3. The summed E-state index contributed by atoms with van der Waals surface area (Å²) < 4.78 is 0.765. The lowest BCUT2D eigenvalue weighted by atomic mass is 10.2. The second kappa shape index (κ2) is 5.75. The number of pyridine rings is 1. The number of piperazine rings is 1. The molecule has 1 atom stereocenters. The highest BCUT2D eigenvalue weighted by Gasteiger charge is 2.25. The highest BCUT2D eigenvalue weighted by molar-refractivity contribution is 9.10. The van der Waals surface area contributed by atoms with Gasteiger partial charge in [-0.3, -0.25) is 0 Å². The SMILES string of the molecule is C[C@H]1CN(c2ccccn2)CCN1c1cnc(Br)cn1. The Kier molecular flexibility index (Phi) is 3.82. The quantitative estimate of drug-likeness (QED) is 0.844. The molecule has 1 aliphatic rings. The van der Waals surface area contributed by atoms with E-state index in [9.17, 15) is 0 Å². The van der Waals surface area contributed by atoms with Crippen LogP contribution < -0.4 is 9.80 Å². The number of halogens is 1. The lowest BCUT2D eigenvalue weighted by Gasteiger charge is -2.40. The predicted octanol–water partition coefficient (Wildman–Crippen LogP) is 2.35. The molecule has 20 heavy (non-hydrogen) atoms. The van der Waals surface area contributed by atoms with Crippen LogP contribution in [-0.4, -0.2) is 40.6 Å². The Balaban J connectivity index is 1.72. The Bertz CT molecular complexity index is 560. The monoisotopic (exact) mass is 333 g/mol. The number of rotatable bonds is 2. The number of hydrogen-bond donors (Lipinski definition) is 0. The summed E-state index contributed by atoms with van der Waals surface area (Å²) >= 11 is 3.32. The highest BCUT2D eigenvalue weighted by Crippen LogP contribution is 2.21. The molecule has 6 heteroatoms. The van der Waals surface area contributed by atoms with E-state index in [1.165, 1.54) is 0 Å². The largest absolute Gasteiger partial charge is 0.353 e. The van der Waals surface area contributed by atoms with Crippen LogP contribution in [0.2, 0.25) is 0 Å². The van der Waals surface area contributed by atoms with Gasteiger partial charge in [-0.1, -0.05) is 6.07 Å². The molecule has 1 fully saturated rings. The summed E-state index contributed by atoms with van der Waals surface area (Å²) in [5.74, 6) is 1.97. The molecular weight excluding hydrogens is 318 g/mol. The van der Waals surface area contributed by atoms with Crippen LogP contribution in [0.25, 0.3) is 0 Å². The van der Waals surface area contributed by atoms with Gasteiger partial charge in [-0.15, -0.1) is 0 Å². The van der Waals surface area contributed by atoms with Gasteiger partial charge in [0.15, 0.2) is 0 Å². The van der Waals surface area contributed by atoms with Crippen LogP contribution in [0.3, 0.4) is 0 Å². The fraction of sp³-hybridized carbons (Fsp3) is 0.357. The van der Waals surface area contributed by atoms with Crippen LogP contribution in [-0.2, 0) is 0 Å². The average molecular weight is 334 g/mol. The minimum absolute atomic E-state index is 0.376. The van der Waals surface area contributed by atoms with Crippen LogP contribution in [0, 0.1) is 0 Å². The van der Waals surface area contributed by atoms with E-state index in [2.05, 4.69) is 53.7 Å². The van der Waals surface area contributed by atoms with Gasteiger partial charge in [-0.25, -0.2) is 15.0 Å². The third kappa shape index (κ3) is 2.75. The molecule has 5 nitrogen and oxygen atoms in total. The third-order valence-corrected chi connectivity index (χ3v) is 3.91. The maximum absolute atomic E-state index is 4.43. The Morgan fingerprint density at radius 2 is 2.00 bits per heavy atom. The van der Waals surface area contributed by atoms with Crippen molar-refractivity contribution in [3.8, 4) is 0 Å². The first kappa shape index (κ1) is 13.3. The van der Waals surface area contributed by atoms with Crippen molar-refractivity contribution in [2.24, 2.45) is 0 Å². The molecule has 0 unspecified atom stereocenters. The second-order valence-corrected chi connectivity index (χ2v) is 5.69. The molecule has 1 aliphatic heterocycles. The molecule has 0 saturated carbocycles. The lowest BCUT2D eigenvalue weighted by Crippen LogP contribution is -2.52. The Hall–Kier alpha value is -1.69. The maximum atomic E-state index is 4.43. The van der Waals surface area contributed by atoms with Crippen molar-refractivity contribution < 1.29 is 0 Å². The van der Waals surface area contributed by atoms with E-state index in [4.69, 9.17) is 0 Å². The van der Waals surface area contributed by atoms with E-state index in [0.717, 1.165) is 35.9 Å². The van der Waals surface area contributed by atoms with Crippen molar-refractivity contribution in [1.29, 1.82) is 0 Å². The van der Waals surface area contributed by atoms with Crippen molar-refractivity contribution in [3.05, 3.63) is 41.4 Å². The maximum Gasteiger partial charge on any atom is 0.147 e. The van der Waals surface area contributed by atoms with Gasteiger partial charge in [-0.05, 0) is 35.0 Å². The van der Waals surface area contributed by atoms with Crippen LogP contribution in [0.1, 0.15) is 6.92 Å². The van der Waals surface area contributed by atoms with Gasteiger partial charge in [-0.2, -0.15) is 0 Å². The van der Waals surface area contributed by atoms with Gasteiger partial charge in [0.1, 0.15) is 16.2 Å². The van der Waals surface area contributed by atoms with Gasteiger partial charge in [0.25, 0.3) is 0 Å². The summed E-state index contributed by atoms with van der Waals surface area (Å²) in [6.07, 6.45) is 5.40. The number of hydrogen-bond acceptors (Lipinski definition) is 5. The molecule has 0 N–H and O–H groups in total. The van der Waals surface area contributed by atoms with E-state index in [-0.39, 0.29) is 0 Å². The molecule has 104 valence electrons. The first-order valence-corrected chi connectivity index (χ1v) is 7.43. The second-order valence-electron chi connectivity index (χ2n) is 4.87. The fourth-order valence-electron chi connectivity index (χ4n) is 2.50. The zero-order valence-electron chi connectivity index (χ0n) is 11.3. The van der Waals surface area contributed by atoms with E-state index in [0.29, 0.717) is 6.04 Å². The minimum atomic E-state index is 0.376. The van der Waals surface area contributed by atoms with E-state index in [1.54, 1.807) is 6.20 Å². The molecule has 3 rings (SSSR count). The summed E-state index contributed by atoms with van der Waals surface area (Å²) in [5.41, 5.74) is 0. The first-order valence-electron chi connectivity index (χ1n) is 6.64. The molecule has 3 heterocycles. The number of nitrogens with zero attached hydrogens (tertiary/aromatic N) is 5. The normalized spacial score (nSPS) is 19.2. The number of anilines is 2. The van der Waals surface area contributed by atoms with Crippen LogP contribution in [0.5, 0.6) is 0 Å². The van der Waals surface area contributed by atoms with Gasteiger partial charge in [0, 0.05) is 31.9 Å². The Labute approximate surface area is 126 Å². The lowest BCUT2D eigenvalue weighted by molar-refractivity contribution is 0.542. The van der Waals surface area contributed by atoms with Gasteiger partial charge < -0.3 is 9.80 Å². The molecule has 0 bridgehead atoms. The molecular formula is C14H16BrN5. The molecule has 0 aromatic carbocycles. The Morgan fingerprint density at radius 1 is 1.10 bits per heavy atom. The summed E-state index contributed by atoms with van der Waals surface area (Å²) in [4.78, 5) is 17.7. The molecule has 2 aromatic rings. The molecule has 1 saturated heterocycles. The highest BCUT2D eigenvalue weighted by atomic mass is 79.9. The van der Waals surface area contributed by atoms with Crippen molar-refractivity contribution in [1.82, 2.24) is 15.0 Å². The molecule has 2 aromatic heterocycles. The average Bonchev–Trinajstić information content (AvgIpc) is 2.49. The van der Waals surface area contributed by atoms with Crippen molar-refractivity contribution in [2.75, 3.05) is 29.4 Å². The summed E-state index contributed by atoms with van der Waals surface area (Å²) in [6.45, 7) is 5.01. The van der Waals surface area contributed by atoms with Crippen LogP contribution in [0.15, 0.2) is 41.4 Å².